The maximum absolute atomic E-state index is 15.8. The van der Waals surface area contributed by atoms with Gasteiger partial charge in [-0.15, -0.1) is 13.2 Å². The molecule has 11 nitrogen and oxygen atoms in total. The molecule has 4 aromatic rings. The van der Waals surface area contributed by atoms with E-state index in [0.29, 0.717) is 24.9 Å². The number of hydrogen-bond acceptors (Lipinski definition) is 11. The third-order valence-electron chi connectivity index (χ3n) is 12.4. The summed E-state index contributed by atoms with van der Waals surface area (Å²) in [6.07, 6.45) is 4.62. The van der Waals surface area contributed by atoms with E-state index >= 15 is 9.59 Å². The number of aldehydes is 1. The number of methoxy groups -OCH3 is 1. The Balaban J connectivity index is 1.47. The Hall–Kier alpha value is -5.56. The molecular formula is C47H52N2O9Si. The van der Waals surface area contributed by atoms with Gasteiger partial charge in [-0.25, -0.2) is 0 Å². The number of hydrogen-bond donors (Lipinski definition) is 1. The second-order valence-corrected chi connectivity index (χ2v) is 21.7. The Labute approximate surface area is 346 Å². The second kappa shape index (κ2) is 16.2. The smallest absolute Gasteiger partial charge is 0.265 e. The van der Waals surface area contributed by atoms with Crippen LogP contribution in [-0.2, 0) is 24.1 Å². The lowest BCUT2D eigenvalue weighted by Crippen LogP contribution is -2.65. The maximum Gasteiger partial charge on any atom is 0.265 e. The van der Waals surface area contributed by atoms with Crippen LogP contribution in [0.25, 0.3) is 0 Å². The van der Waals surface area contributed by atoms with Crippen molar-refractivity contribution in [1.82, 2.24) is 10.1 Å². The van der Waals surface area contributed by atoms with E-state index in [2.05, 4.69) is 44.0 Å². The predicted molar refractivity (Wildman–Crippen MR) is 226 cm³/mol. The lowest BCUT2D eigenvalue weighted by atomic mass is 9.58. The van der Waals surface area contributed by atoms with Crippen LogP contribution in [0.3, 0.4) is 0 Å². The molecule has 0 bridgehead atoms. The van der Waals surface area contributed by atoms with E-state index in [1.165, 1.54) is 13.2 Å². The van der Waals surface area contributed by atoms with Crippen molar-refractivity contribution >= 4 is 26.2 Å². The first kappa shape index (κ1) is 41.6. The van der Waals surface area contributed by atoms with E-state index < -0.39 is 54.2 Å². The summed E-state index contributed by atoms with van der Waals surface area (Å²) in [6, 6.07) is 19.7. The van der Waals surface area contributed by atoms with Crippen LogP contribution in [0.4, 0.5) is 0 Å². The van der Waals surface area contributed by atoms with Crippen LogP contribution in [-0.4, -0.2) is 67.1 Å². The van der Waals surface area contributed by atoms with Crippen molar-refractivity contribution in [3.05, 3.63) is 143 Å². The Kier molecular flexibility index (Phi) is 11.4. The molecule has 3 aliphatic carbocycles. The Morgan fingerprint density at radius 1 is 0.966 bits per heavy atom. The number of aliphatic hydroxyl groups excluding tert-OH is 1. The van der Waals surface area contributed by atoms with Gasteiger partial charge in [0.2, 0.25) is 5.78 Å². The van der Waals surface area contributed by atoms with E-state index in [1.807, 2.05) is 73.8 Å². The molecule has 0 fully saturated rings. The van der Waals surface area contributed by atoms with Gasteiger partial charge in [-0.1, -0.05) is 93.6 Å². The first-order valence-corrected chi connectivity index (χ1v) is 22.8. The minimum atomic E-state index is -2.98. The summed E-state index contributed by atoms with van der Waals surface area (Å²) in [5.74, 6) is -2.29. The molecular weight excluding hydrogens is 765 g/mol. The number of nitrogens with zero attached hydrogens (tertiary/aromatic N) is 2. The fourth-order valence-electron chi connectivity index (χ4n) is 8.65. The molecule has 7 rings (SSSR count). The molecule has 0 spiro atoms. The molecule has 4 atom stereocenters. The number of rotatable bonds is 15. The van der Waals surface area contributed by atoms with Crippen molar-refractivity contribution < 1.29 is 42.6 Å². The molecule has 3 aliphatic rings. The normalized spacial score (nSPS) is 21.2. The molecule has 3 aromatic carbocycles. The highest BCUT2D eigenvalue weighted by atomic mass is 28.4. The summed E-state index contributed by atoms with van der Waals surface area (Å²) in [5.41, 5.74) is 0.668. The van der Waals surface area contributed by atoms with Crippen molar-refractivity contribution in [3.8, 4) is 17.4 Å². The fourth-order valence-corrected chi connectivity index (χ4v) is 10.1. The lowest BCUT2D eigenvalue weighted by molar-refractivity contribution is -0.0525. The third-order valence-corrected chi connectivity index (χ3v) is 16.8. The molecule has 308 valence electrons. The number of carbonyl (C=O) groups is 3. The molecule has 0 saturated heterocycles. The van der Waals surface area contributed by atoms with Crippen molar-refractivity contribution in [3.63, 3.8) is 0 Å². The summed E-state index contributed by atoms with van der Waals surface area (Å²) in [5, 5.41) is 17.1. The van der Waals surface area contributed by atoms with E-state index in [9.17, 15) is 9.90 Å². The topological polar surface area (TPSA) is 138 Å². The van der Waals surface area contributed by atoms with Gasteiger partial charge in [0.25, 0.3) is 5.88 Å². The van der Waals surface area contributed by atoms with Crippen molar-refractivity contribution in [2.24, 2.45) is 11.8 Å². The first-order valence-electron chi connectivity index (χ1n) is 19.9. The fraction of sp³-hybridized carbons (Fsp3) is 0.362. The van der Waals surface area contributed by atoms with Crippen LogP contribution in [0.15, 0.2) is 108 Å². The molecule has 1 unspecified atom stereocenters. The van der Waals surface area contributed by atoms with Crippen LogP contribution >= 0.6 is 0 Å². The number of allylic oxidation sites excluding steroid dienone is 1. The average molecular weight is 817 g/mol. The van der Waals surface area contributed by atoms with Crippen LogP contribution in [0, 0.1) is 11.8 Å². The molecule has 0 radical (unpaired) electrons. The van der Waals surface area contributed by atoms with Gasteiger partial charge >= 0.3 is 0 Å². The Bertz CT molecular complexity index is 2300. The maximum atomic E-state index is 15.8. The highest BCUT2D eigenvalue weighted by Crippen LogP contribution is 2.60. The summed E-state index contributed by atoms with van der Waals surface area (Å²) in [6.45, 7) is 19.2. The van der Waals surface area contributed by atoms with Gasteiger partial charge in [-0.3, -0.25) is 19.3 Å². The quantitative estimate of drug-likeness (QED) is 0.0698. The zero-order chi connectivity index (χ0) is 42.3. The van der Waals surface area contributed by atoms with Gasteiger partial charge in [0.15, 0.2) is 31.7 Å². The van der Waals surface area contributed by atoms with Crippen LogP contribution in [0.2, 0.25) is 18.1 Å². The highest BCUT2D eigenvalue weighted by Gasteiger charge is 2.67. The molecule has 1 heterocycles. The van der Waals surface area contributed by atoms with E-state index in [1.54, 1.807) is 12.2 Å². The molecule has 1 N–H and O–H groups in total. The zero-order valence-electron chi connectivity index (χ0n) is 34.6. The Morgan fingerprint density at radius 2 is 1.58 bits per heavy atom. The monoisotopic (exact) mass is 816 g/mol. The SMILES string of the molecule is C=CCN(CC=C)[C@@H]1c2onc(OCc3ccccc3)c2C(=O)C2(O[Si](C)(C)C(C)(C)C)C(O)=C3C(=O)c4c(OCc5ccccc5)cc(C=O)c(OC)c4C[C@H]3C[C@@H]12. The van der Waals surface area contributed by atoms with Crippen LogP contribution in [0.1, 0.15) is 86.8 Å². The largest absolute Gasteiger partial charge is 0.508 e. The number of ketones is 2. The number of benzene rings is 3. The average Bonchev–Trinajstić information content (AvgIpc) is 3.63. The second-order valence-electron chi connectivity index (χ2n) is 17.0. The van der Waals surface area contributed by atoms with E-state index in [-0.39, 0.29) is 71.5 Å². The lowest BCUT2D eigenvalue weighted by Gasteiger charge is -2.55. The zero-order valence-corrected chi connectivity index (χ0v) is 35.6. The summed E-state index contributed by atoms with van der Waals surface area (Å²) >= 11 is 0. The standard InChI is InChI=1S/C47H52N2O9Si/c1-9-21-49(22-10-2)39-34-24-31-23-33-37(35(25-32(26-50)41(33)54-6)55-27-29-17-13-11-14-18-29)40(51)36(31)43(52)47(34,58-59(7,8)46(3,4)5)44(53)38-42(39)57-48-45(38)56-28-30-19-15-12-16-20-30/h9-20,25-26,31,34,39,52H,1-2,21-24,27-28H2,3-8H3/t31-,34-,39-,47?/m0/s1. The number of carbonyl (C=O) groups excluding carboxylic acids is 3. The first-order chi connectivity index (χ1) is 28.2. The van der Waals surface area contributed by atoms with Gasteiger partial charge in [-0.05, 0) is 59.2 Å². The van der Waals surface area contributed by atoms with Gasteiger partial charge in [0.1, 0.15) is 36.0 Å². The number of aromatic nitrogens is 1. The van der Waals surface area contributed by atoms with E-state index in [4.69, 9.17) is 23.2 Å². The molecule has 0 aliphatic heterocycles. The van der Waals surface area contributed by atoms with Crippen LogP contribution in [0.5, 0.6) is 17.4 Å². The third kappa shape index (κ3) is 7.17. The summed E-state index contributed by atoms with van der Waals surface area (Å²) in [4.78, 5) is 45.6. The van der Waals surface area contributed by atoms with Crippen molar-refractivity contribution in [1.29, 1.82) is 0 Å². The molecule has 59 heavy (non-hydrogen) atoms. The van der Waals surface area contributed by atoms with Gasteiger partial charge in [0.05, 0.1) is 24.3 Å². The Morgan fingerprint density at radius 3 is 2.14 bits per heavy atom. The minimum Gasteiger partial charge on any atom is -0.508 e. The summed E-state index contributed by atoms with van der Waals surface area (Å²) < 4.78 is 31.9. The summed E-state index contributed by atoms with van der Waals surface area (Å²) in [7, 11) is -1.52. The van der Waals surface area contributed by atoms with Crippen molar-refractivity contribution in [2.45, 2.75) is 76.6 Å². The van der Waals surface area contributed by atoms with Gasteiger partial charge in [-0.2, -0.15) is 0 Å². The molecule has 0 saturated carbocycles. The predicted octanol–water partition coefficient (Wildman–Crippen LogP) is 9.21. The van der Waals surface area contributed by atoms with Gasteiger partial charge in [0, 0.05) is 30.1 Å². The number of Topliss-reactive ketones (excluding diaryl/α,β-unsaturated/α-hetero) is 2. The van der Waals surface area contributed by atoms with E-state index in [0.717, 1.165) is 11.1 Å². The molecule has 1 aromatic heterocycles. The number of ether oxygens (including phenoxy) is 3. The molecule has 0 amide bonds. The van der Waals surface area contributed by atoms with Gasteiger partial charge < -0.3 is 28.3 Å². The van der Waals surface area contributed by atoms with Crippen LogP contribution < -0.4 is 14.2 Å². The number of aliphatic hydroxyl groups is 1. The minimum absolute atomic E-state index is 0.0318. The number of fused-ring (bicyclic) bond motifs is 4. The highest BCUT2D eigenvalue weighted by molar-refractivity contribution is 6.74. The van der Waals surface area contributed by atoms with Crippen molar-refractivity contribution in [2.75, 3.05) is 20.2 Å². The molecule has 12 heteroatoms.